The Morgan fingerprint density at radius 2 is 2.04 bits per heavy atom. The molecule has 0 amide bonds. The van der Waals surface area contributed by atoms with E-state index in [-0.39, 0.29) is 22.6 Å². The molecule has 0 heterocycles. The van der Waals surface area contributed by atoms with Crippen LogP contribution < -0.4 is 4.74 Å². The molecule has 0 aliphatic heterocycles. The number of methoxy groups -OCH3 is 2. The van der Waals surface area contributed by atoms with Gasteiger partial charge in [0.05, 0.1) is 36.5 Å². The smallest absolute Gasteiger partial charge is 0.341 e. The van der Waals surface area contributed by atoms with Gasteiger partial charge in [0.15, 0.2) is 5.78 Å². The monoisotopic (exact) mass is 353 g/mol. The average molecular weight is 353 g/mol. The maximum atomic E-state index is 12.2. The summed E-state index contributed by atoms with van der Waals surface area (Å²) in [5.41, 5.74) is -0.339. The first-order valence-corrected chi connectivity index (χ1v) is 8.33. The molecule has 0 atom stereocenters. The van der Waals surface area contributed by atoms with Gasteiger partial charge in [-0.3, -0.25) is 14.9 Å². The molecular formula is C16H19NO6S. The van der Waals surface area contributed by atoms with E-state index in [2.05, 4.69) is 4.74 Å². The highest BCUT2D eigenvalue weighted by molar-refractivity contribution is 7.99. The number of ether oxygens (including phenoxy) is 2. The van der Waals surface area contributed by atoms with Gasteiger partial charge in [-0.2, -0.15) is 11.8 Å². The number of rotatable bonds is 9. The van der Waals surface area contributed by atoms with Crippen molar-refractivity contribution in [3.8, 4) is 5.75 Å². The molecule has 24 heavy (non-hydrogen) atoms. The molecule has 1 aromatic rings. The maximum absolute atomic E-state index is 12.2. The Bertz CT molecular complexity index is 656. The molecule has 7 nitrogen and oxygen atoms in total. The highest BCUT2D eigenvalue weighted by Gasteiger charge is 2.22. The number of nitro benzene ring substituents is 1. The summed E-state index contributed by atoms with van der Waals surface area (Å²) in [5, 5.41) is 11.2. The third-order valence-corrected chi connectivity index (χ3v) is 4.18. The molecule has 0 saturated heterocycles. The molecule has 130 valence electrons. The second kappa shape index (κ2) is 9.71. The van der Waals surface area contributed by atoms with Gasteiger partial charge in [0.25, 0.3) is 5.69 Å². The van der Waals surface area contributed by atoms with E-state index < -0.39 is 16.7 Å². The number of ketones is 1. The Labute approximate surface area is 144 Å². The first-order valence-electron chi connectivity index (χ1n) is 7.18. The lowest BCUT2D eigenvalue weighted by Crippen LogP contribution is -2.16. The number of benzene rings is 1. The van der Waals surface area contributed by atoms with Crippen molar-refractivity contribution in [2.45, 2.75) is 13.3 Å². The molecule has 0 fully saturated rings. The molecule has 0 aliphatic rings. The van der Waals surface area contributed by atoms with Gasteiger partial charge < -0.3 is 9.47 Å². The number of carbonyl (C=O) groups is 2. The number of nitro groups is 1. The summed E-state index contributed by atoms with van der Waals surface area (Å²) in [6.45, 7) is 1.98. The van der Waals surface area contributed by atoms with Crippen LogP contribution in [-0.2, 0) is 14.3 Å². The minimum atomic E-state index is -0.817. The van der Waals surface area contributed by atoms with Gasteiger partial charge in [0.1, 0.15) is 11.3 Å². The van der Waals surface area contributed by atoms with E-state index in [1.165, 1.54) is 43.1 Å². The third kappa shape index (κ3) is 5.38. The number of Topliss-reactive ketones (excluding diaryl/α,β-unsaturated/α-hetero) is 1. The summed E-state index contributed by atoms with van der Waals surface area (Å²) in [7, 11) is 2.55. The summed E-state index contributed by atoms with van der Waals surface area (Å²) in [5.74, 6) is -0.0438. The summed E-state index contributed by atoms with van der Waals surface area (Å²) < 4.78 is 9.58. The molecule has 8 heteroatoms. The third-order valence-electron chi connectivity index (χ3n) is 3.02. The first-order chi connectivity index (χ1) is 11.4. The SMILES string of the molecule is CCCSCC(=O)C(=Cc1ccc(OC)cc1[N+](=O)[O-])C(=O)OC. The van der Waals surface area contributed by atoms with Gasteiger partial charge in [-0.1, -0.05) is 6.92 Å². The summed E-state index contributed by atoms with van der Waals surface area (Å²) in [6, 6.07) is 4.17. The fourth-order valence-electron chi connectivity index (χ4n) is 1.84. The Morgan fingerprint density at radius 3 is 2.58 bits per heavy atom. The number of carbonyl (C=O) groups excluding carboxylic acids is 2. The number of esters is 1. The largest absolute Gasteiger partial charge is 0.497 e. The lowest BCUT2D eigenvalue weighted by atomic mass is 10.1. The van der Waals surface area contributed by atoms with Gasteiger partial charge in [-0.05, 0) is 30.4 Å². The molecule has 1 aromatic carbocycles. The van der Waals surface area contributed by atoms with E-state index in [1.54, 1.807) is 0 Å². The number of nitrogens with zero attached hydrogens (tertiary/aromatic N) is 1. The van der Waals surface area contributed by atoms with Gasteiger partial charge in [-0.15, -0.1) is 0 Å². The summed E-state index contributed by atoms with van der Waals surface area (Å²) >= 11 is 1.39. The molecular weight excluding hydrogens is 334 g/mol. The number of hydrogen-bond donors (Lipinski definition) is 0. The van der Waals surface area contributed by atoms with Gasteiger partial charge in [-0.25, -0.2) is 4.79 Å². The Hall–Kier alpha value is -2.35. The van der Waals surface area contributed by atoms with E-state index in [0.717, 1.165) is 19.3 Å². The number of hydrogen-bond acceptors (Lipinski definition) is 7. The Morgan fingerprint density at radius 1 is 1.33 bits per heavy atom. The van der Waals surface area contributed by atoms with Crippen LogP contribution in [0.15, 0.2) is 23.8 Å². The summed E-state index contributed by atoms with van der Waals surface area (Å²) in [4.78, 5) is 34.7. The molecule has 0 aliphatic carbocycles. The molecule has 0 saturated carbocycles. The fraction of sp³-hybridized carbons (Fsp3) is 0.375. The highest BCUT2D eigenvalue weighted by Crippen LogP contribution is 2.27. The van der Waals surface area contributed by atoms with Gasteiger partial charge in [0.2, 0.25) is 0 Å². The van der Waals surface area contributed by atoms with E-state index in [4.69, 9.17) is 4.74 Å². The van der Waals surface area contributed by atoms with E-state index in [1.807, 2.05) is 6.92 Å². The van der Waals surface area contributed by atoms with Crippen LogP contribution in [0.3, 0.4) is 0 Å². The van der Waals surface area contributed by atoms with Crippen molar-refractivity contribution in [2.75, 3.05) is 25.7 Å². The van der Waals surface area contributed by atoms with Gasteiger partial charge >= 0.3 is 5.97 Å². The van der Waals surface area contributed by atoms with Crippen molar-refractivity contribution < 1.29 is 24.0 Å². The molecule has 0 N–H and O–H groups in total. The van der Waals surface area contributed by atoms with Gasteiger partial charge in [0, 0.05) is 0 Å². The van der Waals surface area contributed by atoms with Crippen molar-refractivity contribution >= 4 is 35.3 Å². The van der Waals surface area contributed by atoms with Crippen LogP contribution in [0.2, 0.25) is 0 Å². The Balaban J connectivity index is 3.25. The minimum absolute atomic E-state index is 0.110. The fourth-order valence-corrected chi connectivity index (χ4v) is 2.61. The minimum Gasteiger partial charge on any atom is -0.497 e. The van der Waals surface area contributed by atoms with Crippen LogP contribution in [0.4, 0.5) is 5.69 Å². The zero-order valence-corrected chi connectivity index (χ0v) is 14.6. The predicted molar refractivity (Wildman–Crippen MR) is 92.3 cm³/mol. The van der Waals surface area contributed by atoms with Crippen LogP contribution in [0.5, 0.6) is 5.75 Å². The van der Waals surface area contributed by atoms with Crippen LogP contribution in [0.25, 0.3) is 6.08 Å². The zero-order valence-electron chi connectivity index (χ0n) is 13.7. The second-order valence-corrected chi connectivity index (χ2v) is 5.81. The van der Waals surface area contributed by atoms with Crippen molar-refractivity contribution in [2.24, 2.45) is 0 Å². The number of thioether (sulfide) groups is 1. The predicted octanol–water partition coefficient (Wildman–Crippen LogP) is 2.87. The lowest BCUT2D eigenvalue weighted by molar-refractivity contribution is -0.385. The molecule has 0 radical (unpaired) electrons. The van der Waals surface area contributed by atoms with E-state index in [0.29, 0.717) is 5.75 Å². The lowest BCUT2D eigenvalue weighted by Gasteiger charge is -2.06. The quantitative estimate of drug-likeness (QED) is 0.128. The molecule has 0 aromatic heterocycles. The van der Waals surface area contributed by atoms with Crippen molar-refractivity contribution in [1.29, 1.82) is 0 Å². The van der Waals surface area contributed by atoms with Crippen LogP contribution in [0, 0.1) is 10.1 Å². The average Bonchev–Trinajstić information content (AvgIpc) is 2.58. The normalized spacial score (nSPS) is 11.0. The molecule has 0 unspecified atom stereocenters. The Kier molecular flexibility index (Phi) is 7.97. The highest BCUT2D eigenvalue weighted by atomic mass is 32.2. The van der Waals surface area contributed by atoms with Crippen molar-refractivity contribution in [3.05, 3.63) is 39.4 Å². The van der Waals surface area contributed by atoms with Crippen LogP contribution in [-0.4, -0.2) is 42.4 Å². The first kappa shape index (κ1) is 19.7. The maximum Gasteiger partial charge on any atom is 0.341 e. The topological polar surface area (TPSA) is 95.7 Å². The standard InChI is InChI=1S/C16H19NO6S/c1-4-7-24-10-15(18)13(16(19)23-3)8-11-5-6-12(22-2)9-14(11)17(20)21/h5-6,8-9H,4,7,10H2,1-3H3. The van der Waals surface area contributed by atoms with E-state index >= 15 is 0 Å². The molecule has 0 spiro atoms. The summed E-state index contributed by atoms with van der Waals surface area (Å²) in [6.07, 6.45) is 2.09. The van der Waals surface area contributed by atoms with E-state index in [9.17, 15) is 19.7 Å². The molecule has 1 rings (SSSR count). The van der Waals surface area contributed by atoms with Crippen LogP contribution in [0.1, 0.15) is 18.9 Å². The zero-order chi connectivity index (χ0) is 18.1. The van der Waals surface area contributed by atoms with Crippen molar-refractivity contribution in [1.82, 2.24) is 0 Å². The second-order valence-electron chi connectivity index (χ2n) is 4.71. The van der Waals surface area contributed by atoms with Crippen LogP contribution >= 0.6 is 11.8 Å². The van der Waals surface area contributed by atoms with Crippen molar-refractivity contribution in [3.63, 3.8) is 0 Å². The molecule has 0 bridgehead atoms.